The van der Waals surface area contributed by atoms with Gasteiger partial charge in [0, 0.05) is 44.0 Å². The van der Waals surface area contributed by atoms with Crippen LogP contribution >= 0.6 is 11.8 Å². The molecule has 4 rings (SSSR count). The molecule has 0 atom stereocenters. The fraction of sp³-hybridized carbons (Fsp3) is 0.263. The van der Waals surface area contributed by atoms with Gasteiger partial charge in [0.05, 0.1) is 16.8 Å². The van der Waals surface area contributed by atoms with Gasteiger partial charge in [0.1, 0.15) is 5.82 Å². The van der Waals surface area contributed by atoms with Crippen molar-refractivity contribution >= 4 is 34.4 Å². The molecule has 1 fully saturated rings. The molecule has 0 radical (unpaired) electrons. The number of nitrogens with zero attached hydrogens (tertiary/aromatic N) is 3. The molecular weight excluding hydrogens is 389 g/mol. The Bertz CT molecular complexity index is 961. The number of hydrogen-bond acceptors (Lipinski definition) is 4. The highest BCUT2D eigenvalue weighted by molar-refractivity contribution is 7.99. The molecule has 5 nitrogen and oxygen atoms in total. The first-order valence-corrected chi connectivity index (χ1v) is 9.74. The summed E-state index contributed by atoms with van der Waals surface area (Å²) in [7, 11) is 0. The minimum Gasteiger partial charge on any atom is -0.368 e. The van der Waals surface area contributed by atoms with Gasteiger partial charge in [-0.3, -0.25) is 4.79 Å². The molecule has 9 heteroatoms. The van der Waals surface area contributed by atoms with E-state index in [1.807, 2.05) is 0 Å². The predicted octanol–water partition coefficient (Wildman–Crippen LogP) is 3.42. The van der Waals surface area contributed by atoms with Gasteiger partial charge in [0.15, 0.2) is 16.8 Å². The summed E-state index contributed by atoms with van der Waals surface area (Å²) < 4.78 is 39.6. The standard InChI is InChI=1S/C19H17F3N4OS/c20-12-1-3-13(4-2-12)25-5-7-26(8-6-25)18(27)11-28-19-23-16-9-14(21)15(22)10-17(16)24-19/h1-4,9-10H,5-8,11H2,(H,23,24). The van der Waals surface area contributed by atoms with Crippen LogP contribution in [0.1, 0.15) is 0 Å². The molecular formula is C19H17F3N4OS. The zero-order chi connectivity index (χ0) is 19.7. The molecule has 146 valence electrons. The van der Waals surface area contributed by atoms with Crippen LogP contribution in [0.4, 0.5) is 18.9 Å². The van der Waals surface area contributed by atoms with E-state index < -0.39 is 11.6 Å². The Labute approximate surface area is 163 Å². The fourth-order valence-electron chi connectivity index (χ4n) is 3.14. The van der Waals surface area contributed by atoms with Crippen molar-refractivity contribution in [1.82, 2.24) is 14.9 Å². The highest BCUT2D eigenvalue weighted by Gasteiger charge is 2.22. The number of carbonyl (C=O) groups is 1. The predicted molar refractivity (Wildman–Crippen MR) is 102 cm³/mol. The van der Waals surface area contributed by atoms with Gasteiger partial charge in [0.25, 0.3) is 0 Å². The molecule has 1 saturated heterocycles. The minimum atomic E-state index is -0.953. The third-order valence-corrected chi connectivity index (χ3v) is 5.52. The lowest BCUT2D eigenvalue weighted by atomic mass is 10.2. The molecule has 0 saturated carbocycles. The number of fused-ring (bicyclic) bond motifs is 1. The maximum Gasteiger partial charge on any atom is 0.233 e. The van der Waals surface area contributed by atoms with Crippen LogP contribution in [0.2, 0.25) is 0 Å². The Morgan fingerprint density at radius 3 is 2.43 bits per heavy atom. The van der Waals surface area contributed by atoms with Gasteiger partial charge in [-0.05, 0) is 24.3 Å². The maximum absolute atomic E-state index is 13.3. The van der Waals surface area contributed by atoms with Crippen LogP contribution in [0.15, 0.2) is 41.6 Å². The number of piperazine rings is 1. The van der Waals surface area contributed by atoms with Crippen LogP contribution in [-0.2, 0) is 4.79 Å². The van der Waals surface area contributed by atoms with E-state index in [0.717, 1.165) is 17.8 Å². The lowest BCUT2D eigenvalue weighted by Crippen LogP contribution is -2.49. The third-order valence-electron chi connectivity index (χ3n) is 4.66. The summed E-state index contributed by atoms with van der Waals surface area (Å²) >= 11 is 1.20. The molecule has 0 bridgehead atoms. The number of benzene rings is 2. The summed E-state index contributed by atoms with van der Waals surface area (Å²) in [5.74, 6) is -2.01. The smallest absolute Gasteiger partial charge is 0.233 e. The highest BCUT2D eigenvalue weighted by atomic mass is 32.2. The molecule has 28 heavy (non-hydrogen) atoms. The van der Waals surface area contributed by atoms with Gasteiger partial charge in [-0.25, -0.2) is 18.2 Å². The number of aromatic nitrogens is 2. The van der Waals surface area contributed by atoms with E-state index in [4.69, 9.17) is 0 Å². The lowest BCUT2D eigenvalue weighted by molar-refractivity contribution is -0.128. The van der Waals surface area contributed by atoms with Crippen LogP contribution in [0.25, 0.3) is 11.0 Å². The van der Waals surface area contributed by atoms with Crippen LogP contribution in [0.5, 0.6) is 0 Å². The zero-order valence-electron chi connectivity index (χ0n) is 14.8. The number of imidazole rings is 1. The molecule has 0 aliphatic carbocycles. The van der Waals surface area contributed by atoms with E-state index in [2.05, 4.69) is 14.9 Å². The van der Waals surface area contributed by atoms with E-state index in [1.54, 1.807) is 17.0 Å². The average Bonchev–Trinajstić information content (AvgIpc) is 3.09. The number of anilines is 1. The zero-order valence-corrected chi connectivity index (χ0v) is 15.6. The third kappa shape index (κ3) is 3.94. The molecule has 1 aliphatic rings. The number of thioether (sulfide) groups is 1. The second-order valence-electron chi connectivity index (χ2n) is 6.46. The first-order chi connectivity index (χ1) is 13.5. The molecule has 0 unspecified atom stereocenters. The second kappa shape index (κ2) is 7.75. The van der Waals surface area contributed by atoms with Gasteiger partial charge in [-0.1, -0.05) is 11.8 Å². The van der Waals surface area contributed by atoms with Crippen molar-refractivity contribution in [3.05, 3.63) is 53.8 Å². The molecule has 2 aromatic carbocycles. The van der Waals surface area contributed by atoms with Crippen molar-refractivity contribution in [3.8, 4) is 0 Å². The fourth-order valence-corrected chi connectivity index (χ4v) is 3.93. The van der Waals surface area contributed by atoms with Crippen LogP contribution in [0.3, 0.4) is 0 Å². The van der Waals surface area contributed by atoms with Crippen molar-refractivity contribution in [3.63, 3.8) is 0 Å². The Balaban J connectivity index is 1.32. The highest BCUT2D eigenvalue weighted by Crippen LogP contribution is 2.23. The maximum atomic E-state index is 13.3. The molecule has 2 heterocycles. The number of H-pyrrole nitrogens is 1. The number of carbonyl (C=O) groups excluding carboxylic acids is 1. The number of amides is 1. The monoisotopic (exact) mass is 406 g/mol. The SMILES string of the molecule is O=C(CSc1nc2cc(F)c(F)cc2[nH]1)N1CCN(c2ccc(F)cc2)CC1. The Hall–Kier alpha value is -2.68. The molecule has 1 aliphatic heterocycles. The van der Waals surface area contributed by atoms with Gasteiger partial charge >= 0.3 is 0 Å². The summed E-state index contributed by atoms with van der Waals surface area (Å²) in [6.45, 7) is 2.50. The number of rotatable bonds is 4. The van der Waals surface area contributed by atoms with Crippen molar-refractivity contribution < 1.29 is 18.0 Å². The van der Waals surface area contributed by atoms with E-state index in [0.29, 0.717) is 42.4 Å². The van der Waals surface area contributed by atoms with Gasteiger partial charge < -0.3 is 14.8 Å². The van der Waals surface area contributed by atoms with Gasteiger partial charge in [-0.2, -0.15) is 0 Å². The van der Waals surface area contributed by atoms with Gasteiger partial charge in [0.2, 0.25) is 5.91 Å². The van der Waals surface area contributed by atoms with E-state index in [9.17, 15) is 18.0 Å². The quantitative estimate of drug-likeness (QED) is 0.675. The minimum absolute atomic E-state index is 0.0263. The van der Waals surface area contributed by atoms with Gasteiger partial charge in [-0.15, -0.1) is 0 Å². The molecule has 1 aromatic heterocycles. The molecule has 1 amide bonds. The Kier molecular flexibility index (Phi) is 5.17. The normalized spacial score (nSPS) is 14.7. The number of aromatic amines is 1. The van der Waals surface area contributed by atoms with E-state index in [1.165, 1.54) is 23.9 Å². The molecule has 3 aromatic rings. The summed E-state index contributed by atoms with van der Waals surface area (Å²) in [5, 5.41) is 0.443. The topological polar surface area (TPSA) is 52.2 Å². The summed E-state index contributed by atoms with van der Waals surface area (Å²) in [6, 6.07) is 8.40. The summed E-state index contributed by atoms with van der Waals surface area (Å²) in [6.07, 6.45) is 0. The second-order valence-corrected chi connectivity index (χ2v) is 7.42. The Morgan fingerprint density at radius 1 is 1.04 bits per heavy atom. The number of nitrogens with one attached hydrogen (secondary N) is 1. The average molecular weight is 406 g/mol. The Morgan fingerprint density at radius 2 is 1.71 bits per heavy atom. The largest absolute Gasteiger partial charge is 0.368 e. The lowest BCUT2D eigenvalue weighted by Gasteiger charge is -2.36. The van der Waals surface area contributed by atoms with Crippen molar-refractivity contribution in [2.45, 2.75) is 5.16 Å². The van der Waals surface area contributed by atoms with Crippen molar-refractivity contribution in [1.29, 1.82) is 0 Å². The van der Waals surface area contributed by atoms with E-state index in [-0.39, 0.29) is 17.5 Å². The number of halogens is 3. The van der Waals surface area contributed by atoms with Crippen molar-refractivity contribution in [2.24, 2.45) is 0 Å². The summed E-state index contributed by atoms with van der Waals surface area (Å²) in [4.78, 5) is 23.4. The van der Waals surface area contributed by atoms with Crippen LogP contribution < -0.4 is 4.90 Å². The van der Waals surface area contributed by atoms with Crippen molar-refractivity contribution in [2.75, 3.05) is 36.8 Å². The first-order valence-electron chi connectivity index (χ1n) is 8.75. The van der Waals surface area contributed by atoms with E-state index >= 15 is 0 Å². The first kappa shape index (κ1) is 18.7. The number of hydrogen-bond donors (Lipinski definition) is 1. The molecule has 1 N–H and O–H groups in total. The van der Waals surface area contributed by atoms with Crippen LogP contribution in [-0.4, -0.2) is 52.7 Å². The van der Waals surface area contributed by atoms with Crippen LogP contribution in [0, 0.1) is 17.5 Å². The molecule has 0 spiro atoms. The summed E-state index contributed by atoms with van der Waals surface area (Å²) in [5.41, 5.74) is 1.65.